The van der Waals surface area contributed by atoms with Crippen molar-refractivity contribution in [3.05, 3.63) is 59.7 Å². The van der Waals surface area contributed by atoms with Gasteiger partial charge in [-0.3, -0.25) is 4.57 Å². The Labute approximate surface area is 151 Å². The van der Waals surface area contributed by atoms with Crippen molar-refractivity contribution in [3.63, 3.8) is 0 Å². The minimum atomic E-state index is -3.67. The average Bonchev–Trinajstić information content (AvgIpc) is 3.15. The van der Waals surface area contributed by atoms with Gasteiger partial charge in [0.15, 0.2) is 11.5 Å². The van der Waals surface area contributed by atoms with E-state index >= 15 is 0 Å². The highest BCUT2D eigenvalue weighted by Crippen LogP contribution is 2.53. The van der Waals surface area contributed by atoms with Crippen molar-refractivity contribution in [2.75, 3.05) is 21.0 Å². The number of benzene rings is 2. The normalized spacial score (nSPS) is 14.1. The van der Waals surface area contributed by atoms with E-state index in [0.29, 0.717) is 17.1 Å². The van der Waals surface area contributed by atoms with Gasteiger partial charge in [0.05, 0.1) is 5.56 Å². The molecule has 2 aromatic carbocycles. The van der Waals surface area contributed by atoms with Crippen LogP contribution in [0.25, 0.3) is 0 Å². The van der Waals surface area contributed by atoms with Crippen LogP contribution in [0.5, 0.6) is 11.5 Å². The zero-order valence-corrected chi connectivity index (χ0v) is 15.3. The maximum absolute atomic E-state index is 12.9. The quantitative estimate of drug-likeness (QED) is 0.538. The minimum absolute atomic E-state index is 0.133. The van der Waals surface area contributed by atoms with Gasteiger partial charge >= 0.3 is 13.6 Å². The lowest BCUT2D eigenvalue weighted by Gasteiger charge is -2.24. The average molecular weight is 378 g/mol. The molecule has 0 N–H and O–H groups in total. The summed E-state index contributed by atoms with van der Waals surface area (Å²) < 4.78 is 39.1. The molecule has 0 fully saturated rings. The maximum Gasteiger partial charge on any atom is 0.370 e. The van der Waals surface area contributed by atoms with Gasteiger partial charge in [-0.25, -0.2) is 4.79 Å². The molecule has 1 unspecified atom stereocenters. The standard InChI is InChI=1S/C18H19O7P/c1-21-26(20,22-2)17(25-18(19)14-6-4-3-5-7-14)11-13-8-9-15-16(10-13)24-12-23-15/h3-10,17H,11-12H2,1-2H3. The van der Waals surface area contributed by atoms with Gasteiger partial charge in [-0.1, -0.05) is 24.3 Å². The lowest BCUT2D eigenvalue weighted by Crippen LogP contribution is -2.22. The van der Waals surface area contributed by atoms with Gasteiger partial charge in [-0.05, 0) is 29.8 Å². The van der Waals surface area contributed by atoms with Crippen LogP contribution < -0.4 is 9.47 Å². The highest BCUT2D eigenvalue weighted by Gasteiger charge is 2.38. The van der Waals surface area contributed by atoms with E-state index in [1.165, 1.54) is 14.2 Å². The molecule has 0 aliphatic carbocycles. The van der Waals surface area contributed by atoms with Gasteiger partial charge in [-0.2, -0.15) is 0 Å². The third kappa shape index (κ3) is 3.90. The van der Waals surface area contributed by atoms with Crippen LogP contribution >= 0.6 is 7.60 Å². The van der Waals surface area contributed by atoms with E-state index < -0.39 is 19.4 Å². The largest absolute Gasteiger partial charge is 0.454 e. The molecule has 0 bridgehead atoms. The van der Waals surface area contributed by atoms with Gasteiger partial charge in [-0.15, -0.1) is 0 Å². The fraction of sp³-hybridized carbons (Fsp3) is 0.278. The van der Waals surface area contributed by atoms with E-state index in [1.54, 1.807) is 48.5 Å². The first-order chi connectivity index (χ1) is 12.6. The van der Waals surface area contributed by atoms with Crippen molar-refractivity contribution in [1.29, 1.82) is 0 Å². The summed E-state index contributed by atoms with van der Waals surface area (Å²) >= 11 is 0. The van der Waals surface area contributed by atoms with Gasteiger partial charge < -0.3 is 23.3 Å². The molecule has 0 aromatic heterocycles. The first-order valence-corrected chi connectivity index (χ1v) is 9.52. The van der Waals surface area contributed by atoms with Gasteiger partial charge in [0.2, 0.25) is 12.6 Å². The summed E-state index contributed by atoms with van der Waals surface area (Å²) in [7, 11) is -1.15. The van der Waals surface area contributed by atoms with E-state index in [-0.39, 0.29) is 13.2 Å². The molecule has 3 rings (SSSR count). The van der Waals surface area contributed by atoms with E-state index in [4.69, 9.17) is 23.3 Å². The van der Waals surface area contributed by atoms with Gasteiger partial charge in [0, 0.05) is 20.6 Å². The highest BCUT2D eigenvalue weighted by molar-refractivity contribution is 7.54. The van der Waals surface area contributed by atoms with Crippen molar-refractivity contribution >= 4 is 13.6 Å². The molecule has 7 nitrogen and oxygen atoms in total. The smallest absolute Gasteiger partial charge is 0.370 e. The Balaban J connectivity index is 1.84. The lowest BCUT2D eigenvalue weighted by molar-refractivity contribution is 0.0385. The number of esters is 1. The van der Waals surface area contributed by atoms with Crippen LogP contribution in [0.15, 0.2) is 48.5 Å². The molecule has 2 aromatic rings. The Hall–Kier alpha value is -2.34. The molecule has 0 radical (unpaired) electrons. The summed E-state index contributed by atoms with van der Waals surface area (Å²) in [6.45, 7) is 0.153. The first kappa shape index (κ1) is 18.5. The Morgan fingerprint density at radius 3 is 2.46 bits per heavy atom. The monoisotopic (exact) mass is 378 g/mol. The fourth-order valence-corrected chi connectivity index (χ4v) is 3.84. The molecule has 8 heteroatoms. The number of ether oxygens (including phenoxy) is 3. The fourth-order valence-electron chi connectivity index (χ4n) is 2.56. The zero-order chi connectivity index (χ0) is 18.6. The Kier molecular flexibility index (Phi) is 5.61. The summed E-state index contributed by atoms with van der Waals surface area (Å²) in [5, 5.41) is 0. The molecule has 0 saturated carbocycles. The van der Waals surface area contributed by atoms with Crippen LogP contribution in [0.2, 0.25) is 0 Å². The molecule has 0 spiro atoms. The molecule has 1 atom stereocenters. The SMILES string of the molecule is COP(=O)(OC)C(Cc1ccc2c(c1)OCO2)OC(=O)c1ccccc1. The summed E-state index contributed by atoms with van der Waals surface area (Å²) in [5.41, 5.74) is 1.09. The second-order valence-electron chi connectivity index (χ2n) is 5.52. The molecule has 0 saturated heterocycles. The third-order valence-electron chi connectivity index (χ3n) is 3.96. The second-order valence-corrected chi connectivity index (χ2v) is 7.91. The van der Waals surface area contributed by atoms with Gasteiger partial charge in [0.1, 0.15) is 0 Å². The molecular weight excluding hydrogens is 359 g/mol. The summed E-state index contributed by atoms with van der Waals surface area (Å²) in [4.78, 5) is 12.4. The third-order valence-corrected chi connectivity index (χ3v) is 5.97. The van der Waals surface area contributed by atoms with E-state index in [2.05, 4.69) is 0 Å². The van der Waals surface area contributed by atoms with Crippen molar-refractivity contribution < 1.29 is 32.6 Å². The number of hydrogen-bond donors (Lipinski definition) is 0. The van der Waals surface area contributed by atoms with Gasteiger partial charge in [0.25, 0.3) is 0 Å². The summed E-state index contributed by atoms with van der Waals surface area (Å²) in [6, 6.07) is 13.7. The van der Waals surface area contributed by atoms with Crippen molar-refractivity contribution in [2.24, 2.45) is 0 Å². The summed E-state index contributed by atoms with van der Waals surface area (Å²) in [5.74, 6) is -0.496. The number of rotatable bonds is 7. The summed E-state index contributed by atoms with van der Waals surface area (Å²) in [6.07, 6.45) is 0.133. The minimum Gasteiger partial charge on any atom is -0.454 e. The second kappa shape index (κ2) is 7.91. The van der Waals surface area contributed by atoms with E-state index in [1.807, 2.05) is 0 Å². The predicted molar refractivity (Wildman–Crippen MR) is 93.5 cm³/mol. The highest BCUT2D eigenvalue weighted by atomic mass is 31.2. The molecule has 0 amide bonds. The number of hydrogen-bond acceptors (Lipinski definition) is 7. The first-order valence-electron chi connectivity index (χ1n) is 7.91. The van der Waals surface area contributed by atoms with Crippen LogP contribution in [-0.2, 0) is 24.8 Å². The van der Waals surface area contributed by atoms with Crippen LogP contribution in [0, 0.1) is 0 Å². The molecule has 1 heterocycles. The van der Waals surface area contributed by atoms with E-state index in [9.17, 15) is 9.36 Å². The maximum atomic E-state index is 12.9. The Morgan fingerprint density at radius 1 is 1.08 bits per heavy atom. The zero-order valence-electron chi connectivity index (χ0n) is 14.4. The topological polar surface area (TPSA) is 80.3 Å². The number of carbonyl (C=O) groups excluding carboxylic acids is 1. The van der Waals surface area contributed by atoms with Crippen LogP contribution in [0.1, 0.15) is 15.9 Å². The van der Waals surface area contributed by atoms with Crippen molar-refractivity contribution in [1.82, 2.24) is 0 Å². The van der Waals surface area contributed by atoms with Crippen molar-refractivity contribution in [2.45, 2.75) is 12.3 Å². The van der Waals surface area contributed by atoms with E-state index in [0.717, 1.165) is 5.56 Å². The molecule has 138 valence electrons. The molecule has 26 heavy (non-hydrogen) atoms. The van der Waals surface area contributed by atoms with Crippen molar-refractivity contribution in [3.8, 4) is 11.5 Å². The van der Waals surface area contributed by atoms with Crippen LogP contribution in [0.4, 0.5) is 0 Å². The van der Waals surface area contributed by atoms with Crippen LogP contribution in [0.3, 0.4) is 0 Å². The Morgan fingerprint density at radius 2 is 1.77 bits per heavy atom. The van der Waals surface area contributed by atoms with Crippen LogP contribution in [-0.4, -0.2) is 32.8 Å². The lowest BCUT2D eigenvalue weighted by atomic mass is 10.1. The number of fused-ring (bicyclic) bond motifs is 1. The molecule has 1 aliphatic rings. The Bertz CT molecular complexity index is 814. The number of carbonyl (C=O) groups is 1. The molecular formula is C18H19O7P. The predicted octanol–water partition coefficient (Wildman–Crippen LogP) is 3.63. The molecule has 1 aliphatic heterocycles.